The minimum atomic E-state index is -0.0260. The molecule has 0 radical (unpaired) electrons. The van der Waals surface area contributed by atoms with E-state index < -0.39 is 0 Å². The van der Waals surface area contributed by atoms with Crippen LogP contribution in [-0.4, -0.2) is 48.3 Å². The third-order valence-corrected chi connectivity index (χ3v) is 3.38. The Morgan fingerprint density at radius 1 is 1.17 bits per heavy atom. The molecule has 1 aliphatic heterocycles. The van der Waals surface area contributed by atoms with Crippen molar-refractivity contribution in [1.29, 1.82) is 0 Å². The predicted molar refractivity (Wildman–Crippen MR) is 78.1 cm³/mol. The van der Waals surface area contributed by atoms with Gasteiger partial charge in [0.1, 0.15) is 0 Å². The van der Waals surface area contributed by atoms with E-state index in [1.165, 1.54) is 12.8 Å². The van der Waals surface area contributed by atoms with Gasteiger partial charge >= 0.3 is 0 Å². The Bertz CT molecular complexity index is 235. The van der Waals surface area contributed by atoms with Crippen molar-refractivity contribution in [3.8, 4) is 0 Å². The third-order valence-electron chi connectivity index (χ3n) is 3.38. The number of rotatable bonds is 6. The van der Waals surface area contributed by atoms with Gasteiger partial charge in [0.25, 0.3) is 0 Å². The first-order valence-corrected chi connectivity index (χ1v) is 7.40. The molecule has 3 heteroatoms. The van der Waals surface area contributed by atoms with E-state index in [1.807, 2.05) is 0 Å². The first kappa shape index (κ1) is 15.9. The number of hydrogen-bond donors (Lipinski definition) is 1. The lowest BCUT2D eigenvalue weighted by Gasteiger charge is -2.47. The maximum atomic E-state index is 6.11. The molecule has 0 amide bonds. The van der Waals surface area contributed by atoms with Crippen LogP contribution < -0.4 is 5.32 Å². The lowest BCUT2D eigenvalue weighted by molar-refractivity contribution is -0.180. The lowest BCUT2D eigenvalue weighted by Crippen LogP contribution is -2.57. The molecule has 1 heterocycles. The largest absolute Gasteiger partial charge is 0.367 e. The molecular weight excluding hydrogens is 224 g/mol. The highest BCUT2D eigenvalue weighted by Gasteiger charge is 2.37. The summed E-state index contributed by atoms with van der Waals surface area (Å²) in [4.78, 5) is 2.55. The monoisotopic (exact) mass is 256 g/mol. The molecule has 1 fully saturated rings. The van der Waals surface area contributed by atoms with Crippen LogP contribution in [0.2, 0.25) is 0 Å². The van der Waals surface area contributed by atoms with Crippen molar-refractivity contribution in [2.75, 3.05) is 26.2 Å². The van der Waals surface area contributed by atoms with Crippen molar-refractivity contribution in [2.24, 2.45) is 0 Å². The van der Waals surface area contributed by atoms with Crippen molar-refractivity contribution >= 4 is 0 Å². The Balaban J connectivity index is 2.37. The normalized spacial score (nSPS) is 25.0. The summed E-state index contributed by atoms with van der Waals surface area (Å²) in [5, 5.41) is 3.56. The number of nitrogens with one attached hydrogen (secondary N) is 1. The Kier molecular flexibility index (Phi) is 5.63. The van der Waals surface area contributed by atoms with Gasteiger partial charge in [-0.2, -0.15) is 0 Å². The van der Waals surface area contributed by atoms with Gasteiger partial charge in [-0.15, -0.1) is 0 Å². The molecule has 0 spiro atoms. The highest BCUT2D eigenvalue weighted by molar-refractivity contribution is 4.89. The first-order valence-electron chi connectivity index (χ1n) is 7.40. The Labute approximate surface area is 113 Å². The summed E-state index contributed by atoms with van der Waals surface area (Å²) in [5.74, 6) is 0. The highest BCUT2D eigenvalue weighted by Crippen LogP contribution is 2.28. The summed E-state index contributed by atoms with van der Waals surface area (Å²) in [7, 11) is 0. The molecule has 0 aromatic carbocycles. The van der Waals surface area contributed by atoms with Gasteiger partial charge in [0, 0.05) is 19.1 Å². The standard InChI is InChI=1S/C15H32N2O/c1-7-9-16-13(2)8-10-17-11-14(3,4)18-15(5,6)12-17/h13,16H,7-12H2,1-6H3. The van der Waals surface area contributed by atoms with E-state index in [0.717, 1.165) is 26.2 Å². The SMILES string of the molecule is CCCNC(C)CCN1CC(C)(C)OC(C)(C)C1. The minimum Gasteiger partial charge on any atom is -0.367 e. The van der Waals surface area contributed by atoms with Gasteiger partial charge in [-0.25, -0.2) is 0 Å². The molecule has 3 nitrogen and oxygen atoms in total. The molecule has 0 saturated carbocycles. The fraction of sp³-hybridized carbons (Fsp3) is 1.00. The second-order valence-corrected chi connectivity index (χ2v) is 6.98. The molecular formula is C15H32N2O. The zero-order valence-corrected chi connectivity index (χ0v) is 13.2. The zero-order valence-electron chi connectivity index (χ0n) is 13.2. The average Bonchev–Trinajstić information content (AvgIpc) is 2.19. The van der Waals surface area contributed by atoms with E-state index in [4.69, 9.17) is 4.74 Å². The van der Waals surface area contributed by atoms with E-state index >= 15 is 0 Å². The molecule has 1 atom stereocenters. The van der Waals surface area contributed by atoms with Gasteiger partial charge in [-0.05, 0) is 60.5 Å². The van der Waals surface area contributed by atoms with Crippen molar-refractivity contribution in [1.82, 2.24) is 10.2 Å². The zero-order chi connectivity index (χ0) is 13.8. The Morgan fingerprint density at radius 2 is 1.72 bits per heavy atom. The summed E-state index contributed by atoms with van der Waals surface area (Å²) in [6.07, 6.45) is 2.42. The molecule has 1 N–H and O–H groups in total. The van der Waals surface area contributed by atoms with Crippen molar-refractivity contribution in [3.63, 3.8) is 0 Å². The molecule has 1 unspecified atom stereocenters. The molecule has 18 heavy (non-hydrogen) atoms. The molecule has 108 valence electrons. The van der Waals surface area contributed by atoms with E-state index in [-0.39, 0.29) is 11.2 Å². The maximum absolute atomic E-state index is 6.11. The Morgan fingerprint density at radius 3 is 2.22 bits per heavy atom. The molecule has 0 aliphatic carbocycles. The number of hydrogen-bond acceptors (Lipinski definition) is 3. The average molecular weight is 256 g/mol. The van der Waals surface area contributed by atoms with Crippen molar-refractivity contribution < 1.29 is 4.74 Å². The molecule has 0 bridgehead atoms. The second-order valence-electron chi connectivity index (χ2n) is 6.98. The highest BCUT2D eigenvalue weighted by atomic mass is 16.5. The number of ether oxygens (including phenoxy) is 1. The molecule has 1 aliphatic rings. The quantitative estimate of drug-likeness (QED) is 0.791. The number of nitrogens with zero attached hydrogens (tertiary/aromatic N) is 1. The van der Waals surface area contributed by atoms with Crippen LogP contribution in [0, 0.1) is 0 Å². The lowest BCUT2D eigenvalue weighted by atomic mass is 9.98. The fourth-order valence-corrected chi connectivity index (χ4v) is 2.97. The van der Waals surface area contributed by atoms with Crippen LogP contribution in [0.3, 0.4) is 0 Å². The van der Waals surface area contributed by atoms with Gasteiger partial charge in [0.05, 0.1) is 11.2 Å². The maximum Gasteiger partial charge on any atom is 0.0760 e. The Hall–Kier alpha value is -0.120. The summed E-state index contributed by atoms with van der Waals surface area (Å²) >= 11 is 0. The van der Waals surface area contributed by atoms with Crippen molar-refractivity contribution in [3.05, 3.63) is 0 Å². The summed E-state index contributed by atoms with van der Waals surface area (Å²) < 4.78 is 6.11. The van der Waals surface area contributed by atoms with Gasteiger partial charge < -0.3 is 10.1 Å². The van der Waals surface area contributed by atoms with Crippen LogP contribution in [0.5, 0.6) is 0 Å². The minimum absolute atomic E-state index is 0.0260. The smallest absolute Gasteiger partial charge is 0.0760 e. The van der Waals surface area contributed by atoms with Crippen LogP contribution in [0.25, 0.3) is 0 Å². The fourth-order valence-electron chi connectivity index (χ4n) is 2.97. The topological polar surface area (TPSA) is 24.5 Å². The van der Waals surface area contributed by atoms with Crippen LogP contribution in [0.1, 0.15) is 54.4 Å². The predicted octanol–water partition coefficient (Wildman–Crippen LogP) is 2.65. The van der Waals surface area contributed by atoms with Crippen LogP contribution in [-0.2, 0) is 4.74 Å². The second kappa shape index (κ2) is 6.36. The van der Waals surface area contributed by atoms with Crippen LogP contribution in [0.4, 0.5) is 0 Å². The van der Waals surface area contributed by atoms with E-state index in [1.54, 1.807) is 0 Å². The third kappa shape index (κ3) is 5.68. The van der Waals surface area contributed by atoms with Gasteiger partial charge in [0.2, 0.25) is 0 Å². The van der Waals surface area contributed by atoms with E-state index in [9.17, 15) is 0 Å². The summed E-state index contributed by atoms with van der Waals surface area (Å²) in [6, 6.07) is 0.610. The van der Waals surface area contributed by atoms with Crippen molar-refractivity contribution in [2.45, 2.75) is 71.6 Å². The van der Waals surface area contributed by atoms with Gasteiger partial charge in [0.15, 0.2) is 0 Å². The summed E-state index contributed by atoms with van der Waals surface area (Å²) in [5.41, 5.74) is -0.0519. The number of morpholine rings is 1. The summed E-state index contributed by atoms with van der Waals surface area (Å²) in [6.45, 7) is 17.6. The molecule has 1 saturated heterocycles. The van der Waals surface area contributed by atoms with E-state index in [0.29, 0.717) is 6.04 Å². The van der Waals surface area contributed by atoms with Gasteiger partial charge in [-0.1, -0.05) is 6.92 Å². The van der Waals surface area contributed by atoms with E-state index in [2.05, 4.69) is 51.8 Å². The molecule has 0 aromatic rings. The van der Waals surface area contributed by atoms with Crippen LogP contribution in [0.15, 0.2) is 0 Å². The molecule has 0 aromatic heterocycles. The van der Waals surface area contributed by atoms with Gasteiger partial charge in [-0.3, -0.25) is 4.90 Å². The van der Waals surface area contributed by atoms with Crippen LogP contribution >= 0.6 is 0 Å². The molecule has 1 rings (SSSR count). The first-order chi connectivity index (χ1) is 8.24.